The summed E-state index contributed by atoms with van der Waals surface area (Å²) in [4.78, 5) is 12.4. The summed E-state index contributed by atoms with van der Waals surface area (Å²) in [6.45, 7) is 2.55. The van der Waals surface area contributed by atoms with Gasteiger partial charge in [0.25, 0.3) is 5.56 Å². The molecule has 0 aliphatic rings. The summed E-state index contributed by atoms with van der Waals surface area (Å²) in [5.74, 6) is 0. The van der Waals surface area contributed by atoms with E-state index in [2.05, 4.69) is 0 Å². The third kappa shape index (κ3) is 1.78. The largest absolute Gasteiger partial charge is 0.274 e. The van der Waals surface area contributed by atoms with Crippen molar-refractivity contribution in [1.82, 2.24) is 9.36 Å². The summed E-state index contributed by atoms with van der Waals surface area (Å²) in [6, 6.07) is 15.2. The molecule has 0 atom stereocenters. The molecule has 2 aromatic carbocycles. The van der Waals surface area contributed by atoms with Gasteiger partial charge in [0.05, 0.1) is 21.6 Å². The molecule has 0 aliphatic carbocycles. The van der Waals surface area contributed by atoms with Gasteiger partial charge in [-0.2, -0.15) is 0 Å². The Bertz CT molecular complexity index is 787. The molecular formula is C15H13ClN2O. The maximum Gasteiger partial charge on any atom is 0.274 e. The lowest BCUT2D eigenvalue weighted by atomic mass is 10.2. The van der Waals surface area contributed by atoms with Crippen LogP contribution in [-0.4, -0.2) is 9.36 Å². The second kappa shape index (κ2) is 4.59. The number of nitrogens with zero attached hydrogens (tertiary/aromatic N) is 2. The van der Waals surface area contributed by atoms with Crippen LogP contribution in [0.5, 0.6) is 0 Å². The van der Waals surface area contributed by atoms with Gasteiger partial charge >= 0.3 is 0 Å². The maximum atomic E-state index is 12.4. The molecule has 1 aromatic heterocycles. The fourth-order valence-electron chi connectivity index (χ4n) is 2.38. The van der Waals surface area contributed by atoms with Gasteiger partial charge in [0.1, 0.15) is 0 Å². The zero-order valence-corrected chi connectivity index (χ0v) is 11.3. The highest BCUT2D eigenvalue weighted by molar-refractivity contribution is 6.35. The summed E-state index contributed by atoms with van der Waals surface area (Å²) in [7, 11) is 0. The Morgan fingerprint density at radius 3 is 2.47 bits per heavy atom. The Morgan fingerprint density at radius 2 is 1.79 bits per heavy atom. The lowest BCUT2D eigenvalue weighted by molar-refractivity contribution is 0.578. The molecule has 3 aromatic rings. The molecule has 19 heavy (non-hydrogen) atoms. The van der Waals surface area contributed by atoms with Crippen molar-refractivity contribution >= 4 is 22.5 Å². The number of rotatable bonds is 2. The minimum Gasteiger partial charge on any atom is -0.267 e. The van der Waals surface area contributed by atoms with Crippen LogP contribution in [0, 0.1) is 0 Å². The summed E-state index contributed by atoms with van der Waals surface area (Å²) in [5.41, 5.74) is 1.69. The van der Waals surface area contributed by atoms with E-state index >= 15 is 0 Å². The molecular weight excluding hydrogens is 260 g/mol. The SMILES string of the molecule is CCn1c(=O)c2cccc(Cl)c2n1-c1ccccc1. The number of hydrogen-bond acceptors (Lipinski definition) is 1. The molecule has 0 unspecified atom stereocenters. The number of hydrogen-bond donors (Lipinski definition) is 0. The molecule has 0 spiro atoms. The van der Waals surface area contributed by atoms with Crippen LogP contribution in [0.25, 0.3) is 16.6 Å². The van der Waals surface area contributed by atoms with E-state index in [0.29, 0.717) is 17.0 Å². The molecule has 0 bridgehead atoms. The summed E-state index contributed by atoms with van der Waals surface area (Å²) in [6.07, 6.45) is 0. The van der Waals surface area contributed by atoms with E-state index in [1.807, 2.05) is 54.1 Å². The Morgan fingerprint density at radius 1 is 1.05 bits per heavy atom. The maximum absolute atomic E-state index is 12.4. The van der Waals surface area contributed by atoms with E-state index in [9.17, 15) is 4.79 Å². The molecule has 0 saturated carbocycles. The van der Waals surface area contributed by atoms with Gasteiger partial charge in [0.15, 0.2) is 0 Å². The fraction of sp³-hybridized carbons (Fsp3) is 0.133. The lowest BCUT2D eigenvalue weighted by Gasteiger charge is -2.11. The number of aromatic nitrogens is 2. The van der Waals surface area contributed by atoms with Crippen LogP contribution in [0.1, 0.15) is 6.92 Å². The van der Waals surface area contributed by atoms with E-state index in [4.69, 9.17) is 11.6 Å². The first-order valence-electron chi connectivity index (χ1n) is 6.19. The van der Waals surface area contributed by atoms with E-state index in [0.717, 1.165) is 11.2 Å². The molecule has 3 rings (SSSR count). The Hall–Kier alpha value is -2.00. The van der Waals surface area contributed by atoms with Gasteiger partial charge in [0, 0.05) is 6.54 Å². The van der Waals surface area contributed by atoms with Gasteiger partial charge in [-0.3, -0.25) is 4.79 Å². The normalized spacial score (nSPS) is 11.1. The van der Waals surface area contributed by atoms with Crippen LogP contribution in [0.4, 0.5) is 0 Å². The second-order valence-corrected chi connectivity index (χ2v) is 4.71. The fourth-order valence-corrected chi connectivity index (χ4v) is 2.63. The first-order chi connectivity index (χ1) is 9.24. The van der Waals surface area contributed by atoms with E-state index < -0.39 is 0 Å². The highest BCUT2D eigenvalue weighted by Crippen LogP contribution is 2.24. The lowest BCUT2D eigenvalue weighted by Crippen LogP contribution is -2.20. The van der Waals surface area contributed by atoms with E-state index in [1.54, 1.807) is 10.7 Å². The molecule has 4 heteroatoms. The monoisotopic (exact) mass is 272 g/mol. The number of fused-ring (bicyclic) bond motifs is 1. The molecule has 0 N–H and O–H groups in total. The number of para-hydroxylation sites is 2. The van der Waals surface area contributed by atoms with Gasteiger partial charge in [-0.25, -0.2) is 9.36 Å². The average molecular weight is 273 g/mol. The molecule has 0 amide bonds. The quantitative estimate of drug-likeness (QED) is 0.702. The predicted octanol–water partition coefficient (Wildman–Crippen LogP) is 3.47. The van der Waals surface area contributed by atoms with Crippen LogP contribution < -0.4 is 5.56 Å². The van der Waals surface area contributed by atoms with Gasteiger partial charge < -0.3 is 0 Å². The first-order valence-corrected chi connectivity index (χ1v) is 6.57. The molecule has 0 aliphatic heterocycles. The Labute approximate surface area is 115 Å². The van der Waals surface area contributed by atoms with Crippen LogP contribution in [0.3, 0.4) is 0 Å². The molecule has 96 valence electrons. The zero-order chi connectivity index (χ0) is 13.4. The van der Waals surface area contributed by atoms with Gasteiger partial charge in [-0.05, 0) is 31.2 Å². The van der Waals surface area contributed by atoms with Gasteiger partial charge in [0.2, 0.25) is 0 Å². The predicted molar refractivity (Wildman–Crippen MR) is 78.2 cm³/mol. The molecule has 0 saturated heterocycles. The average Bonchev–Trinajstić information content (AvgIpc) is 2.74. The summed E-state index contributed by atoms with van der Waals surface area (Å²) in [5, 5.41) is 1.24. The number of benzene rings is 2. The zero-order valence-electron chi connectivity index (χ0n) is 10.5. The second-order valence-electron chi connectivity index (χ2n) is 4.30. The minimum atomic E-state index is -0.0103. The molecule has 3 nitrogen and oxygen atoms in total. The van der Waals surface area contributed by atoms with Gasteiger partial charge in [-0.15, -0.1) is 0 Å². The van der Waals surface area contributed by atoms with Crippen molar-refractivity contribution in [1.29, 1.82) is 0 Å². The van der Waals surface area contributed by atoms with Crippen molar-refractivity contribution in [3.05, 3.63) is 63.9 Å². The van der Waals surface area contributed by atoms with E-state index in [-0.39, 0.29) is 5.56 Å². The van der Waals surface area contributed by atoms with Crippen molar-refractivity contribution in [2.75, 3.05) is 0 Å². The third-order valence-electron chi connectivity index (χ3n) is 3.21. The molecule has 0 radical (unpaired) electrons. The van der Waals surface area contributed by atoms with E-state index in [1.165, 1.54) is 0 Å². The summed E-state index contributed by atoms with van der Waals surface area (Å²) >= 11 is 6.28. The van der Waals surface area contributed by atoms with Crippen molar-refractivity contribution in [3.63, 3.8) is 0 Å². The molecule has 1 heterocycles. The van der Waals surface area contributed by atoms with Crippen molar-refractivity contribution in [2.45, 2.75) is 13.5 Å². The van der Waals surface area contributed by atoms with Crippen LogP contribution in [0.15, 0.2) is 53.3 Å². The van der Waals surface area contributed by atoms with Crippen LogP contribution >= 0.6 is 11.6 Å². The Kier molecular flexibility index (Phi) is 2.91. The number of halogens is 1. The van der Waals surface area contributed by atoms with Crippen LogP contribution in [0.2, 0.25) is 5.02 Å². The molecule has 0 fully saturated rings. The Balaban J connectivity index is 2.50. The van der Waals surface area contributed by atoms with Gasteiger partial charge in [-0.1, -0.05) is 35.9 Å². The van der Waals surface area contributed by atoms with Crippen molar-refractivity contribution < 1.29 is 0 Å². The minimum absolute atomic E-state index is 0.0103. The highest BCUT2D eigenvalue weighted by atomic mass is 35.5. The van der Waals surface area contributed by atoms with Crippen LogP contribution in [-0.2, 0) is 6.54 Å². The smallest absolute Gasteiger partial charge is 0.267 e. The third-order valence-corrected chi connectivity index (χ3v) is 3.51. The van der Waals surface area contributed by atoms with Crippen molar-refractivity contribution in [2.24, 2.45) is 0 Å². The van der Waals surface area contributed by atoms with Crippen molar-refractivity contribution in [3.8, 4) is 5.69 Å². The standard InChI is InChI=1S/C15H13ClN2O/c1-2-17-15(19)12-9-6-10-13(16)14(12)18(17)11-7-4-3-5-8-11/h3-10H,2H2,1H3. The summed E-state index contributed by atoms with van der Waals surface area (Å²) < 4.78 is 3.59. The first kappa shape index (κ1) is 12.1. The topological polar surface area (TPSA) is 26.9 Å². The highest BCUT2D eigenvalue weighted by Gasteiger charge is 2.15.